The summed E-state index contributed by atoms with van der Waals surface area (Å²) in [4.78, 5) is 9.47. The third-order valence-corrected chi connectivity index (χ3v) is 4.54. The molecule has 2 rings (SSSR count). The van der Waals surface area contributed by atoms with E-state index in [2.05, 4.69) is 0 Å². The Bertz CT molecular complexity index is 780. The zero-order chi connectivity index (χ0) is 22.8. The van der Waals surface area contributed by atoms with E-state index < -0.39 is 64.0 Å². The summed E-state index contributed by atoms with van der Waals surface area (Å²) in [6.07, 6.45) is -5.78. The van der Waals surface area contributed by atoms with Gasteiger partial charge in [0, 0.05) is 18.6 Å². The van der Waals surface area contributed by atoms with Gasteiger partial charge >= 0.3 is 29.6 Å². The molecule has 1 fully saturated rings. The highest BCUT2D eigenvalue weighted by Gasteiger charge is 3.00. The van der Waals surface area contributed by atoms with Gasteiger partial charge in [0.15, 0.2) is 0 Å². The number of hydrogen-bond donors (Lipinski definition) is 1. The van der Waals surface area contributed by atoms with Gasteiger partial charge in [-0.15, -0.1) is 0 Å². The van der Waals surface area contributed by atoms with E-state index in [1.54, 1.807) is 0 Å². The molecule has 1 saturated carbocycles. The van der Waals surface area contributed by atoms with Crippen molar-refractivity contribution in [2.45, 2.75) is 47.8 Å². The van der Waals surface area contributed by atoms with Crippen molar-refractivity contribution in [2.24, 2.45) is 0 Å². The lowest BCUT2D eigenvalue weighted by molar-refractivity contribution is -0.487. The quantitative estimate of drug-likeness (QED) is 0.405. The van der Waals surface area contributed by atoms with E-state index in [4.69, 9.17) is 0 Å². The molecule has 0 aliphatic heterocycles. The van der Waals surface area contributed by atoms with Crippen LogP contribution in [0.3, 0.4) is 0 Å². The molecule has 0 amide bonds. The van der Waals surface area contributed by atoms with Crippen LogP contribution >= 0.6 is 0 Å². The van der Waals surface area contributed by atoms with Crippen LogP contribution in [0.25, 0.3) is 0 Å². The molecule has 164 valence electrons. The molecule has 29 heavy (non-hydrogen) atoms. The van der Waals surface area contributed by atoms with Crippen LogP contribution in [0.4, 0.5) is 54.0 Å². The largest absolute Gasteiger partial charge is 0.388 e. The Morgan fingerprint density at radius 1 is 0.759 bits per heavy atom. The van der Waals surface area contributed by atoms with Crippen molar-refractivity contribution in [1.29, 1.82) is 0 Å². The molecule has 0 aromatic heterocycles. The minimum absolute atomic E-state index is 0.510. The molecule has 1 atom stereocenters. The molecular formula is C14H8F11NO3. The number of hydrogen-bond acceptors (Lipinski definition) is 3. The van der Waals surface area contributed by atoms with Crippen molar-refractivity contribution in [3.05, 3.63) is 39.9 Å². The van der Waals surface area contributed by atoms with Gasteiger partial charge in [-0.25, -0.2) is 4.39 Å². The van der Waals surface area contributed by atoms with Gasteiger partial charge in [-0.2, -0.15) is 43.9 Å². The van der Waals surface area contributed by atoms with Crippen LogP contribution in [0.15, 0.2) is 24.3 Å². The number of rotatable bonds is 4. The molecule has 0 radical (unpaired) electrons. The molecular weight excluding hydrogens is 439 g/mol. The molecule has 15 heteroatoms. The second-order valence-electron chi connectivity index (χ2n) is 6.24. The summed E-state index contributed by atoms with van der Waals surface area (Å²) in [6.45, 7) is 0. The number of aliphatic hydroxyl groups is 1. The Morgan fingerprint density at radius 3 is 1.45 bits per heavy atom. The highest BCUT2D eigenvalue weighted by molar-refractivity contribution is 5.35. The topological polar surface area (TPSA) is 63.4 Å². The Kier molecular flexibility index (Phi) is 4.90. The summed E-state index contributed by atoms with van der Waals surface area (Å²) in [5, 5.41) is 20.1. The van der Waals surface area contributed by atoms with Gasteiger partial charge in [-0.1, -0.05) is 0 Å². The van der Waals surface area contributed by atoms with Gasteiger partial charge in [0.25, 0.3) is 11.4 Å². The summed E-state index contributed by atoms with van der Waals surface area (Å²) >= 11 is 0. The Morgan fingerprint density at radius 2 is 1.10 bits per heavy atom. The van der Waals surface area contributed by atoms with Gasteiger partial charge in [0.05, 0.1) is 11.0 Å². The van der Waals surface area contributed by atoms with E-state index in [1.165, 1.54) is 0 Å². The predicted molar refractivity (Wildman–Crippen MR) is 71.2 cm³/mol. The fraction of sp³-hybridized carbons (Fsp3) is 0.571. The Labute approximate surface area is 153 Å². The maximum absolute atomic E-state index is 14.5. The lowest BCUT2D eigenvalue weighted by Crippen LogP contribution is -2.83. The normalized spacial score (nSPS) is 26.5. The minimum atomic E-state index is -7.33. The van der Waals surface area contributed by atoms with Crippen LogP contribution < -0.4 is 0 Å². The number of alkyl halides is 11. The average Bonchev–Trinajstić information content (AvgIpc) is 2.59. The molecule has 0 bridgehead atoms. The smallest absolute Gasteiger partial charge is 0.384 e. The molecule has 0 heterocycles. The highest BCUT2D eigenvalue weighted by atomic mass is 19.4. The monoisotopic (exact) mass is 447 g/mol. The van der Waals surface area contributed by atoms with Crippen molar-refractivity contribution in [1.82, 2.24) is 0 Å². The maximum Gasteiger partial charge on any atom is 0.384 e. The van der Waals surface area contributed by atoms with Crippen LogP contribution in [0.1, 0.15) is 18.1 Å². The number of non-ortho nitro benzene ring substituents is 1. The van der Waals surface area contributed by atoms with Crippen LogP contribution in [0, 0.1) is 10.1 Å². The van der Waals surface area contributed by atoms with Gasteiger partial charge in [0.2, 0.25) is 0 Å². The van der Waals surface area contributed by atoms with Gasteiger partial charge in [-0.3, -0.25) is 10.1 Å². The van der Waals surface area contributed by atoms with Crippen LogP contribution in [0.5, 0.6) is 0 Å². The molecule has 1 unspecified atom stereocenters. The first-order valence-corrected chi connectivity index (χ1v) is 7.30. The second-order valence-corrected chi connectivity index (χ2v) is 6.24. The van der Waals surface area contributed by atoms with Crippen molar-refractivity contribution >= 4 is 5.69 Å². The summed E-state index contributed by atoms with van der Waals surface area (Å²) in [5.74, 6) is -35.9. The molecule has 1 aromatic rings. The summed E-state index contributed by atoms with van der Waals surface area (Å²) < 4.78 is 149. The first kappa shape index (κ1) is 23.1. The lowest BCUT2D eigenvalue weighted by Gasteiger charge is -2.52. The van der Waals surface area contributed by atoms with E-state index in [9.17, 15) is 63.5 Å². The van der Waals surface area contributed by atoms with Crippen LogP contribution in [-0.4, -0.2) is 45.3 Å². The van der Waals surface area contributed by atoms with Crippen molar-refractivity contribution in [3.8, 4) is 0 Å². The SMILES string of the molecule is O=[N+]([O-])c1ccc(C(O)CC2(F)C(F)(F)C(F)(F)C(F)(F)C(F)(F)C2(F)F)cc1. The number of nitro benzene ring substituents is 1. The van der Waals surface area contributed by atoms with E-state index >= 15 is 0 Å². The molecule has 4 nitrogen and oxygen atoms in total. The van der Waals surface area contributed by atoms with E-state index in [0.29, 0.717) is 24.3 Å². The van der Waals surface area contributed by atoms with Gasteiger partial charge < -0.3 is 5.11 Å². The first-order chi connectivity index (χ1) is 12.8. The van der Waals surface area contributed by atoms with Crippen molar-refractivity contribution < 1.29 is 58.3 Å². The van der Waals surface area contributed by atoms with Crippen molar-refractivity contribution in [3.63, 3.8) is 0 Å². The summed E-state index contributed by atoms with van der Waals surface area (Å²) in [7, 11) is 0. The molecule has 0 spiro atoms. The first-order valence-electron chi connectivity index (χ1n) is 7.30. The number of halogens is 11. The summed E-state index contributed by atoms with van der Waals surface area (Å²) in [6, 6.07) is 2.16. The molecule has 0 saturated heterocycles. The van der Waals surface area contributed by atoms with E-state index in [-0.39, 0.29) is 0 Å². The standard InChI is InChI=1S/C14H8F11NO3/c15-9(5-8(27)6-1-3-7(4-2-6)26(28)29)10(16,17)12(20,21)14(24,25)13(22,23)11(9,18)19/h1-4,8,27H,5H2. The lowest BCUT2D eigenvalue weighted by atomic mass is 9.69. The third kappa shape index (κ3) is 2.61. The maximum atomic E-state index is 14.5. The van der Waals surface area contributed by atoms with Crippen LogP contribution in [0.2, 0.25) is 0 Å². The minimum Gasteiger partial charge on any atom is -0.388 e. The zero-order valence-electron chi connectivity index (χ0n) is 13.5. The number of nitro groups is 1. The molecule has 1 aliphatic carbocycles. The zero-order valence-corrected chi connectivity index (χ0v) is 13.5. The third-order valence-electron chi connectivity index (χ3n) is 4.54. The Hall–Kier alpha value is -2.19. The van der Waals surface area contributed by atoms with Gasteiger partial charge in [0.1, 0.15) is 0 Å². The fourth-order valence-corrected chi connectivity index (χ4v) is 2.75. The van der Waals surface area contributed by atoms with E-state index in [0.717, 1.165) is 0 Å². The predicted octanol–water partition coefficient (Wildman–Crippen LogP) is 4.92. The van der Waals surface area contributed by atoms with Gasteiger partial charge in [-0.05, 0) is 17.7 Å². The van der Waals surface area contributed by atoms with E-state index in [1.807, 2.05) is 0 Å². The average molecular weight is 447 g/mol. The van der Waals surface area contributed by atoms with Crippen LogP contribution in [-0.2, 0) is 0 Å². The molecule has 1 aliphatic rings. The second kappa shape index (κ2) is 6.15. The molecule has 1 aromatic carbocycles. The Balaban J connectivity index is 2.57. The number of benzene rings is 1. The van der Waals surface area contributed by atoms with Crippen molar-refractivity contribution in [2.75, 3.05) is 0 Å². The fourth-order valence-electron chi connectivity index (χ4n) is 2.75. The number of nitrogens with zero attached hydrogens (tertiary/aromatic N) is 1. The highest BCUT2D eigenvalue weighted by Crippen LogP contribution is 2.70. The number of aliphatic hydroxyl groups excluding tert-OH is 1. The summed E-state index contributed by atoms with van der Waals surface area (Å²) in [5.41, 5.74) is -7.85. The molecule has 1 N–H and O–H groups in total.